The molecule has 0 aliphatic rings. The number of halogens is 1. The van der Waals surface area contributed by atoms with Crippen molar-refractivity contribution in [2.45, 2.75) is 6.54 Å². The molecule has 4 rings (SSSR count). The van der Waals surface area contributed by atoms with Gasteiger partial charge in [-0.2, -0.15) is 10.2 Å². The van der Waals surface area contributed by atoms with E-state index in [2.05, 4.69) is 10.2 Å². The molecule has 0 fully saturated rings. The van der Waals surface area contributed by atoms with Crippen molar-refractivity contribution in [2.24, 2.45) is 0 Å². The number of para-hydroxylation sites is 1. The molecule has 130 valence electrons. The first-order valence-corrected chi connectivity index (χ1v) is 8.67. The Hall–Kier alpha value is -3.05. The highest BCUT2D eigenvalue weighted by Crippen LogP contribution is 2.20. The molecule has 0 unspecified atom stereocenters. The fourth-order valence-corrected chi connectivity index (χ4v) is 2.74. The lowest BCUT2D eigenvalue weighted by Gasteiger charge is -2.06. The average molecular weight is 365 g/mol. The number of hydrogen-bond acceptors (Lipinski definition) is 3. The second-order valence-corrected chi connectivity index (χ2v) is 6.24. The molecule has 0 saturated carbocycles. The van der Waals surface area contributed by atoms with E-state index in [0.717, 1.165) is 22.6 Å². The molecule has 0 N–H and O–H groups in total. The van der Waals surface area contributed by atoms with Crippen LogP contribution >= 0.6 is 11.6 Å². The maximum atomic E-state index is 5.87. The predicted octanol–water partition coefficient (Wildman–Crippen LogP) is 4.47. The zero-order valence-corrected chi connectivity index (χ0v) is 14.8. The van der Waals surface area contributed by atoms with E-state index in [-0.39, 0.29) is 0 Å². The van der Waals surface area contributed by atoms with Crippen LogP contribution in [0.3, 0.4) is 0 Å². The number of hydrogen-bond donors (Lipinski definition) is 0. The van der Waals surface area contributed by atoms with Gasteiger partial charge in [-0.3, -0.25) is 4.68 Å². The average Bonchev–Trinajstić information content (AvgIpc) is 3.33. The Labute approximate surface area is 156 Å². The lowest BCUT2D eigenvalue weighted by molar-refractivity contribution is 0.291. The second kappa shape index (κ2) is 7.45. The van der Waals surface area contributed by atoms with Crippen LogP contribution in [-0.2, 0) is 6.54 Å². The lowest BCUT2D eigenvalue weighted by Crippen LogP contribution is -2.08. The van der Waals surface area contributed by atoms with Crippen molar-refractivity contribution in [1.29, 1.82) is 0 Å². The van der Waals surface area contributed by atoms with E-state index in [1.54, 1.807) is 0 Å². The van der Waals surface area contributed by atoms with Gasteiger partial charge in [-0.1, -0.05) is 29.8 Å². The minimum Gasteiger partial charge on any atom is -0.492 e. The van der Waals surface area contributed by atoms with Crippen molar-refractivity contribution in [2.75, 3.05) is 6.61 Å². The molecule has 2 heterocycles. The zero-order chi connectivity index (χ0) is 17.8. The lowest BCUT2D eigenvalue weighted by atomic mass is 10.2. The van der Waals surface area contributed by atoms with E-state index >= 15 is 0 Å². The van der Waals surface area contributed by atoms with Gasteiger partial charge in [-0.25, -0.2) is 4.68 Å². The first-order chi connectivity index (χ1) is 12.8. The molecule has 6 heteroatoms. The molecule has 2 aromatic heterocycles. The standard InChI is InChI=1S/C20H17ClN4O/c21-18-6-8-20(9-7-18)26-11-10-24-14-16(12-22-24)17-13-23-25(15-17)19-4-2-1-3-5-19/h1-9,12-15H,10-11H2. The molecule has 0 aliphatic carbocycles. The van der Waals surface area contributed by atoms with Gasteiger partial charge >= 0.3 is 0 Å². The molecular weight excluding hydrogens is 348 g/mol. The highest BCUT2D eigenvalue weighted by atomic mass is 35.5. The summed E-state index contributed by atoms with van der Waals surface area (Å²) in [6.45, 7) is 1.20. The highest BCUT2D eigenvalue weighted by molar-refractivity contribution is 6.30. The number of rotatable bonds is 6. The Morgan fingerprint density at radius 2 is 1.58 bits per heavy atom. The molecule has 0 atom stereocenters. The quantitative estimate of drug-likeness (QED) is 0.507. The van der Waals surface area contributed by atoms with Crippen LogP contribution in [0.25, 0.3) is 16.8 Å². The summed E-state index contributed by atoms with van der Waals surface area (Å²) in [6.07, 6.45) is 7.69. The van der Waals surface area contributed by atoms with Gasteiger partial charge in [0, 0.05) is 28.5 Å². The van der Waals surface area contributed by atoms with E-state index in [0.29, 0.717) is 18.2 Å². The van der Waals surface area contributed by atoms with Crippen LogP contribution in [0.1, 0.15) is 0 Å². The molecule has 0 saturated heterocycles. The Kier molecular flexibility index (Phi) is 4.71. The topological polar surface area (TPSA) is 44.9 Å². The summed E-state index contributed by atoms with van der Waals surface area (Å²) < 4.78 is 9.43. The summed E-state index contributed by atoms with van der Waals surface area (Å²) in [5.41, 5.74) is 3.08. The normalized spacial score (nSPS) is 10.8. The third-order valence-electron chi connectivity index (χ3n) is 3.97. The van der Waals surface area contributed by atoms with Crippen molar-refractivity contribution in [3.8, 4) is 22.6 Å². The van der Waals surface area contributed by atoms with Crippen LogP contribution in [0.2, 0.25) is 5.02 Å². The predicted molar refractivity (Wildman–Crippen MR) is 102 cm³/mol. The summed E-state index contributed by atoms with van der Waals surface area (Å²) in [5, 5.41) is 9.52. The zero-order valence-electron chi connectivity index (χ0n) is 14.0. The Bertz CT molecular complexity index is 976. The van der Waals surface area contributed by atoms with Gasteiger partial charge in [0.25, 0.3) is 0 Å². The molecule has 26 heavy (non-hydrogen) atoms. The molecular formula is C20H17ClN4O. The molecule has 0 spiro atoms. The minimum absolute atomic E-state index is 0.534. The third-order valence-corrected chi connectivity index (χ3v) is 4.22. The Morgan fingerprint density at radius 3 is 2.38 bits per heavy atom. The SMILES string of the molecule is Clc1ccc(OCCn2cc(-c3cnn(-c4ccccc4)c3)cn2)cc1. The molecule has 5 nitrogen and oxygen atoms in total. The van der Waals surface area contributed by atoms with Crippen LogP contribution in [0.4, 0.5) is 0 Å². The highest BCUT2D eigenvalue weighted by Gasteiger charge is 2.06. The van der Waals surface area contributed by atoms with Crippen LogP contribution in [0, 0.1) is 0 Å². The van der Waals surface area contributed by atoms with Crippen LogP contribution in [0.15, 0.2) is 79.4 Å². The largest absolute Gasteiger partial charge is 0.492 e. The Balaban J connectivity index is 1.39. The van der Waals surface area contributed by atoms with Gasteiger partial charge in [0.1, 0.15) is 12.4 Å². The first kappa shape index (κ1) is 16.4. The van der Waals surface area contributed by atoms with E-state index in [1.807, 2.05) is 88.7 Å². The third kappa shape index (κ3) is 3.78. The van der Waals surface area contributed by atoms with E-state index in [1.165, 1.54) is 0 Å². The summed E-state index contributed by atoms with van der Waals surface area (Å²) in [6, 6.07) is 17.4. The first-order valence-electron chi connectivity index (χ1n) is 8.29. The van der Waals surface area contributed by atoms with Crippen molar-refractivity contribution < 1.29 is 4.74 Å². The maximum Gasteiger partial charge on any atom is 0.119 e. The fourth-order valence-electron chi connectivity index (χ4n) is 2.62. The number of nitrogens with zero attached hydrogens (tertiary/aromatic N) is 4. The van der Waals surface area contributed by atoms with Gasteiger partial charge in [-0.05, 0) is 36.4 Å². The van der Waals surface area contributed by atoms with Gasteiger partial charge in [0.05, 0.1) is 24.6 Å². The van der Waals surface area contributed by atoms with Gasteiger partial charge in [0.2, 0.25) is 0 Å². The summed E-state index contributed by atoms with van der Waals surface area (Å²) >= 11 is 5.87. The minimum atomic E-state index is 0.534. The van der Waals surface area contributed by atoms with Gasteiger partial charge < -0.3 is 4.74 Å². The monoisotopic (exact) mass is 364 g/mol. The smallest absolute Gasteiger partial charge is 0.119 e. The number of aromatic nitrogens is 4. The van der Waals surface area contributed by atoms with Crippen LogP contribution < -0.4 is 4.74 Å². The number of benzene rings is 2. The van der Waals surface area contributed by atoms with Crippen molar-refractivity contribution in [3.63, 3.8) is 0 Å². The maximum absolute atomic E-state index is 5.87. The van der Waals surface area contributed by atoms with Crippen molar-refractivity contribution in [3.05, 3.63) is 84.4 Å². The van der Waals surface area contributed by atoms with E-state index in [9.17, 15) is 0 Å². The van der Waals surface area contributed by atoms with Crippen LogP contribution in [-0.4, -0.2) is 26.2 Å². The molecule has 0 radical (unpaired) electrons. The molecule has 2 aromatic carbocycles. The number of ether oxygens (including phenoxy) is 1. The molecule has 4 aromatic rings. The van der Waals surface area contributed by atoms with Crippen LogP contribution in [0.5, 0.6) is 5.75 Å². The Morgan fingerprint density at radius 1 is 0.846 bits per heavy atom. The van der Waals surface area contributed by atoms with Crippen molar-refractivity contribution >= 4 is 11.6 Å². The summed E-state index contributed by atoms with van der Waals surface area (Å²) in [4.78, 5) is 0. The summed E-state index contributed by atoms with van der Waals surface area (Å²) in [7, 11) is 0. The van der Waals surface area contributed by atoms with E-state index < -0.39 is 0 Å². The molecule has 0 amide bonds. The second-order valence-electron chi connectivity index (χ2n) is 5.80. The molecule has 0 aliphatic heterocycles. The van der Waals surface area contributed by atoms with Gasteiger partial charge in [0.15, 0.2) is 0 Å². The summed E-state index contributed by atoms with van der Waals surface area (Å²) in [5.74, 6) is 0.797. The van der Waals surface area contributed by atoms with Gasteiger partial charge in [-0.15, -0.1) is 0 Å². The molecule has 0 bridgehead atoms. The van der Waals surface area contributed by atoms with Crippen molar-refractivity contribution in [1.82, 2.24) is 19.6 Å². The fraction of sp³-hybridized carbons (Fsp3) is 0.100. The van der Waals surface area contributed by atoms with E-state index in [4.69, 9.17) is 16.3 Å².